The number of benzene rings is 2. The third-order valence-electron chi connectivity index (χ3n) is 4.62. The van der Waals surface area contributed by atoms with E-state index in [-0.39, 0.29) is 18.2 Å². The van der Waals surface area contributed by atoms with Crippen LogP contribution in [0.3, 0.4) is 0 Å². The second-order valence-corrected chi connectivity index (χ2v) is 6.36. The lowest BCUT2D eigenvalue weighted by molar-refractivity contribution is -0.122. The van der Waals surface area contributed by atoms with E-state index in [2.05, 4.69) is 5.32 Å². The summed E-state index contributed by atoms with van der Waals surface area (Å²) >= 11 is 0. The highest BCUT2D eigenvalue weighted by Crippen LogP contribution is 2.34. The quantitative estimate of drug-likeness (QED) is 0.794. The molecule has 2 aromatic rings. The van der Waals surface area contributed by atoms with Crippen molar-refractivity contribution in [3.8, 4) is 17.2 Å². The van der Waals surface area contributed by atoms with Crippen LogP contribution in [-0.4, -0.2) is 39.2 Å². The van der Waals surface area contributed by atoms with Crippen LogP contribution in [0.25, 0.3) is 0 Å². The summed E-state index contributed by atoms with van der Waals surface area (Å²) in [5, 5.41) is 2.86. The van der Waals surface area contributed by atoms with Crippen LogP contribution in [0.1, 0.15) is 13.3 Å². The second-order valence-electron chi connectivity index (χ2n) is 6.36. The Kier molecular flexibility index (Phi) is 6.03. The zero-order valence-electron chi connectivity index (χ0n) is 16.2. The molecule has 0 spiro atoms. The minimum atomic E-state index is -0.464. The number of anilines is 2. The normalized spacial score (nSPS) is 16.0. The first-order chi connectivity index (χ1) is 13.6. The molecular weight excluding hydrogens is 360 g/mol. The minimum Gasteiger partial charge on any atom is -0.497 e. The Morgan fingerprint density at radius 3 is 2.64 bits per heavy atom. The summed E-state index contributed by atoms with van der Waals surface area (Å²) in [7, 11) is 3.09. The van der Waals surface area contributed by atoms with Gasteiger partial charge in [0.05, 0.1) is 38.1 Å². The fraction of sp³-hybridized carbons (Fsp3) is 0.333. The molecule has 1 aliphatic rings. The van der Waals surface area contributed by atoms with Crippen molar-refractivity contribution in [2.24, 2.45) is 5.92 Å². The lowest BCUT2D eigenvalue weighted by atomic mass is 10.1. The molecule has 0 aromatic heterocycles. The van der Waals surface area contributed by atoms with Crippen LogP contribution >= 0.6 is 0 Å². The van der Waals surface area contributed by atoms with Gasteiger partial charge < -0.3 is 24.4 Å². The lowest BCUT2D eigenvalue weighted by Gasteiger charge is -2.20. The smallest absolute Gasteiger partial charge is 0.229 e. The standard InChI is InChI=1S/C21H24N2O5/c1-4-28-18-8-6-5-7-17(18)23-13-14(11-20(23)24)21(25)22-16-10-9-15(26-2)12-19(16)27-3/h5-10,12,14H,4,11,13H2,1-3H3,(H,22,25)/t14-/m0/s1. The Hall–Kier alpha value is -3.22. The fourth-order valence-corrected chi connectivity index (χ4v) is 3.21. The highest BCUT2D eigenvalue weighted by atomic mass is 16.5. The van der Waals surface area contributed by atoms with Gasteiger partial charge in [0.2, 0.25) is 11.8 Å². The summed E-state index contributed by atoms with van der Waals surface area (Å²) in [5.41, 5.74) is 1.22. The maximum Gasteiger partial charge on any atom is 0.229 e. The van der Waals surface area contributed by atoms with Gasteiger partial charge in [0.1, 0.15) is 17.2 Å². The molecule has 2 aromatic carbocycles. The molecule has 0 radical (unpaired) electrons. The van der Waals surface area contributed by atoms with Crippen molar-refractivity contribution >= 4 is 23.2 Å². The van der Waals surface area contributed by atoms with E-state index in [1.54, 1.807) is 30.2 Å². The second kappa shape index (κ2) is 8.65. The molecule has 0 unspecified atom stereocenters. The van der Waals surface area contributed by atoms with Gasteiger partial charge in [-0.1, -0.05) is 12.1 Å². The molecule has 7 heteroatoms. The Morgan fingerprint density at radius 1 is 1.14 bits per heavy atom. The number of nitrogens with zero attached hydrogens (tertiary/aromatic N) is 1. The number of carbonyl (C=O) groups excluding carboxylic acids is 2. The molecule has 2 amide bonds. The molecule has 0 aliphatic carbocycles. The molecule has 1 aliphatic heterocycles. The van der Waals surface area contributed by atoms with Crippen molar-refractivity contribution in [1.29, 1.82) is 0 Å². The number of carbonyl (C=O) groups is 2. The highest BCUT2D eigenvalue weighted by molar-refractivity contribution is 6.04. The molecule has 7 nitrogen and oxygen atoms in total. The maximum atomic E-state index is 12.8. The zero-order valence-corrected chi connectivity index (χ0v) is 16.2. The zero-order chi connectivity index (χ0) is 20.1. The summed E-state index contributed by atoms with van der Waals surface area (Å²) < 4.78 is 16.1. The molecule has 1 fully saturated rings. The molecule has 1 saturated heterocycles. The van der Waals surface area contributed by atoms with Crippen LogP contribution in [0, 0.1) is 5.92 Å². The van der Waals surface area contributed by atoms with Gasteiger partial charge in [-0.3, -0.25) is 9.59 Å². The van der Waals surface area contributed by atoms with E-state index in [0.717, 1.165) is 0 Å². The van der Waals surface area contributed by atoms with E-state index in [1.807, 2.05) is 31.2 Å². The number of hydrogen-bond acceptors (Lipinski definition) is 5. The predicted molar refractivity (Wildman–Crippen MR) is 106 cm³/mol. The van der Waals surface area contributed by atoms with Crippen molar-refractivity contribution in [2.75, 3.05) is 37.6 Å². The van der Waals surface area contributed by atoms with Gasteiger partial charge in [0, 0.05) is 19.0 Å². The Balaban J connectivity index is 1.74. The highest BCUT2D eigenvalue weighted by Gasteiger charge is 2.36. The van der Waals surface area contributed by atoms with E-state index in [1.165, 1.54) is 7.11 Å². The van der Waals surface area contributed by atoms with Gasteiger partial charge in [-0.2, -0.15) is 0 Å². The molecule has 28 heavy (non-hydrogen) atoms. The summed E-state index contributed by atoms with van der Waals surface area (Å²) in [5.74, 6) is 0.965. The molecule has 1 atom stereocenters. The number of nitrogens with one attached hydrogen (secondary N) is 1. The number of hydrogen-bond donors (Lipinski definition) is 1. The van der Waals surface area contributed by atoms with Crippen molar-refractivity contribution < 1.29 is 23.8 Å². The van der Waals surface area contributed by atoms with Crippen LogP contribution < -0.4 is 24.4 Å². The Morgan fingerprint density at radius 2 is 1.93 bits per heavy atom. The molecule has 148 valence electrons. The predicted octanol–water partition coefficient (Wildman–Crippen LogP) is 3.09. The number of amides is 2. The Bertz CT molecular complexity index is 868. The first-order valence-electron chi connectivity index (χ1n) is 9.12. The van der Waals surface area contributed by atoms with Crippen LogP contribution in [0.2, 0.25) is 0 Å². The molecule has 1 heterocycles. The molecule has 0 saturated carbocycles. The Labute approximate surface area is 164 Å². The number of ether oxygens (including phenoxy) is 3. The van der Waals surface area contributed by atoms with Crippen LogP contribution in [0.15, 0.2) is 42.5 Å². The van der Waals surface area contributed by atoms with E-state index < -0.39 is 5.92 Å². The minimum absolute atomic E-state index is 0.103. The van der Waals surface area contributed by atoms with Crippen molar-refractivity contribution in [2.45, 2.75) is 13.3 Å². The number of rotatable bonds is 7. The first-order valence-corrected chi connectivity index (χ1v) is 9.12. The summed E-state index contributed by atoms with van der Waals surface area (Å²) in [6.45, 7) is 2.69. The van der Waals surface area contributed by atoms with Crippen molar-refractivity contribution in [1.82, 2.24) is 0 Å². The van der Waals surface area contributed by atoms with Gasteiger partial charge in [0.15, 0.2) is 0 Å². The van der Waals surface area contributed by atoms with Crippen molar-refractivity contribution in [3.63, 3.8) is 0 Å². The molecule has 0 bridgehead atoms. The van der Waals surface area contributed by atoms with Gasteiger partial charge in [-0.05, 0) is 31.2 Å². The number of methoxy groups -OCH3 is 2. The summed E-state index contributed by atoms with van der Waals surface area (Å²) in [4.78, 5) is 26.9. The monoisotopic (exact) mass is 384 g/mol. The van der Waals surface area contributed by atoms with E-state index in [4.69, 9.17) is 14.2 Å². The average Bonchev–Trinajstić information content (AvgIpc) is 3.10. The summed E-state index contributed by atoms with van der Waals surface area (Å²) in [6, 6.07) is 12.5. The fourth-order valence-electron chi connectivity index (χ4n) is 3.21. The number of para-hydroxylation sites is 2. The molecule has 1 N–H and O–H groups in total. The van der Waals surface area contributed by atoms with E-state index >= 15 is 0 Å². The van der Waals surface area contributed by atoms with Gasteiger partial charge in [-0.25, -0.2) is 0 Å². The maximum absolute atomic E-state index is 12.8. The van der Waals surface area contributed by atoms with Gasteiger partial charge in [0.25, 0.3) is 0 Å². The third-order valence-corrected chi connectivity index (χ3v) is 4.62. The van der Waals surface area contributed by atoms with Crippen molar-refractivity contribution in [3.05, 3.63) is 42.5 Å². The summed E-state index contributed by atoms with van der Waals surface area (Å²) in [6.07, 6.45) is 0.144. The average molecular weight is 384 g/mol. The first kappa shape index (κ1) is 19.5. The topological polar surface area (TPSA) is 77.1 Å². The molecule has 3 rings (SSSR count). The van der Waals surface area contributed by atoms with Crippen LogP contribution in [0.5, 0.6) is 17.2 Å². The van der Waals surface area contributed by atoms with E-state index in [0.29, 0.717) is 41.8 Å². The SMILES string of the molecule is CCOc1ccccc1N1C[C@@H](C(=O)Nc2ccc(OC)cc2OC)CC1=O. The van der Waals surface area contributed by atoms with E-state index in [9.17, 15) is 9.59 Å². The third kappa shape index (κ3) is 4.03. The lowest BCUT2D eigenvalue weighted by Crippen LogP contribution is -2.28. The van der Waals surface area contributed by atoms with Crippen LogP contribution in [-0.2, 0) is 9.59 Å². The molecular formula is C21H24N2O5. The van der Waals surface area contributed by atoms with Gasteiger partial charge in [-0.15, -0.1) is 0 Å². The van der Waals surface area contributed by atoms with Gasteiger partial charge >= 0.3 is 0 Å². The largest absolute Gasteiger partial charge is 0.497 e. The van der Waals surface area contributed by atoms with Crippen LogP contribution in [0.4, 0.5) is 11.4 Å².